The lowest BCUT2D eigenvalue weighted by atomic mass is 10.2. The Morgan fingerprint density at radius 3 is 2.71 bits per heavy atom. The number of hydrogen-bond acceptors (Lipinski definition) is 6. The van der Waals surface area contributed by atoms with Crippen LogP contribution < -0.4 is 5.32 Å². The molecule has 3 heterocycles. The Morgan fingerprint density at radius 1 is 1.21 bits per heavy atom. The van der Waals surface area contributed by atoms with Crippen molar-refractivity contribution in [3.8, 4) is 11.3 Å². The number of H-pyrrole nitrogens is 1. The van der Waals surface area contributed by atoms with Crippen molar-refractivity contribution in [1.29, 1.82) is 0 Å². The largest absolute Gasteiger partial charge is 0.297 e. The lowest BCUT2D eigenvalue weighted by Gasteiger charge is -1.99. The Morgan fingerprint density at radius 2 is 2.00 bits per heavy atom. The molecule has 6 nitrogen and oxygen atoms in total. The summed E-state index contributed by atoms with van der Waals surface area (Å²) in [4.78, 5) is 21.2. The molecule has 0 aliphatic carbocycles. The number of thiazole rings is 2. The molecule has 0 spiro atoms. The van der Waals surface area contributed by atoms with Gasteiger partial charge >= 0.3 is 0 Å². The lowest BCUT2D eigenvalue weighted by molar-refractivity contribution is 0.103. The van der Waals surface area contributed by atoms with E-state index in [9.17, 15) is 4.79 Å². The van der Waals surface area contributed by atoms with Crippen molar-refractivity contribution in [1.82, 2.24) is 20.2 Å². The topological polar surface area (TPSA) is 83.6 Å². The first-order valence-corrected chi connectivity index (χ1v) is 8.97. The third-order valence-corrected chi connectivity index (χ3v) is 5.61. The number of aryl methyl sites for hydroxylation is 1. The molecule has 0 atom stereocenters. The summed E-state index contributed by atoms with van der Waals surface area (Å²) in [5.41, 5.74) is 3.09. The van der Waals surface area contributed by atoms with E-state index in [1.807, 2.05) is 30.3 Å². The smallest absolute Gasteiger partial charge is 0.269 e. The molecule has 0 aliphatic heterocycles. The highest BCUT2D eigenvalue weighted by Gasteiger charge is 2.18. The molecule has 120 valence electrons. The number of carbonyl (C=O) groups is 1. The standard InChI is InChI=1S/C15H10ClN5OS2/c1-7-10(23-14(16)17-7)13(22)19-15-18-12-11(24-15)9(20-21-12)8-5-3-2-4-6-8/h2-6H,1H3,(H2,18,19,20,21,22). The summed E-state index contributed by atoms with van der Waals surface area (Å²) >= 11 is 8.37. The maximum absolute atomic E-state index is 12.3. The highest BCUT2D eigenvalue weighted by atomic mass is 35.5. The van der Waals surface area contributed by atoms with Crippen LogP contribution in [-0.4, -0.2) is 26.1 Å². The van der Waals surface area contributed by atoms with Gasteiger partial charge in [-0.2, -0.15) is 10.1 Å². The molecule has 4 rings (SSSR count). The fraction of sp³-hybridized carbons (Fsp3) is 0.0667. The third kappa shape index (κ3) is 2.68. The van der Waals surface area contributed by atoms with Crippen molar-refractivity contribution in [2.45, 2.75) is 6.92 Å². The first kappa shape index (κ1) is 15.3. The van der Waals surface area contributed by atoms with Gasteiger partial charge < -0.3 is 0 Å². The van der Waals surface area contributed by atoms with Crippen LogP contribution in [0, 0.1) is 6.92 Å². The average molecular weight is 376 g/mol. The number of benzene rings is 1. The van der Waals surface area contributed by atoms with E-state index in [0.29, 0.717) is 25.8 Å². The number of anilines is 1. The first-order chi connectivity index (χ1) is 11.6. The summed E-state index contributed by atoms with van der Waals surface area (Å²) in [7, 11) is 0. The molecule has 0 radical (unpaired) electrons. The van der Waals surface area contributed by atoms with Crippen LogP contribution in [0.4, 0.5) is 5.13 Å². The van der Waals surface area contributed by atoms with Crippen molar-refractivity contribution in [3.63, 3.8) is 0 Å². The van der Waals surface area contributed by atoms with Crippen molar-refractivity contribution < 1.29 is 4.79 Å². The molecule has 1 aromatic carbocycles. The van der Waals surface area contributed by atoms with Gasteiger partial charge in [0.2, 0.25) is 0 Å². The molecule has 9 heteroatoms. The number of carbonyl (C=O) groups excluding carboxylic acids is 1. The monoisotopic (exact) mass is 375 g/mol. The van der Waals surface area contributed by atoms with E-state index in [1.54, 1.807) is 6.92 Å². The van der Waals surface area contributed by atoms with Gasteiger partial charge in [0.15, 0.2) is 15.2 Å². The zero-order chi connectivity index (χ0) is 16.7. The SMILES string of the molecule is Cc1nc(Cl)sc1C(=O)Nc1nc2n[nH]c(-c3ccccc3)c2s1. The minimum Gasteiger partial charge on any atom is -0.297 e. The number of rotatable bonds is 3. The summed E-state index contributed by atoms with van der Waals surface area (Å²) < 4.78 is 1.24. The van der Waals surface area contributed by atoms with Gasteiger partial charge in [-0.25, -0.2) is 4.98 Å². The highest BCUT2D eigenvalue weighted by Crippen LogP contribution is 2.33. The molecule has 0 saturated carbocycles. The fourth-order valence-electron chi connectivity index (χ4n) is 2.29. The Bertz CT molecular complexity index is 1040. The normalized spacial score (nSPS) is 11.1. The molecule has 24 heavy (non-hydrogen) atoms. The highest BCUT2D eigenvalue weighted by molar-refractivity contribution is 7.23. The van der Waals surface area contributed by atoms with Crippen molar-refractivity contribution >= 4 is 55.7 Å². The number of aromatic amines is 1. The zero-order valence-electron chi connectivity index (χ0n) is 12.3. The molecule has 3 aromatic heterocycles. The van der Waals surface area contributed by atoms with Crippen LogP contribution in [0.5, 0.6) is 0 Å². The van der Waals surface area contributed by atoms with Crippen LogP contribution in [0.15, 0.2) is 30.3 Å². The van der Waals surface area contributed by atoms with Crippen LogP contribution in [0.25, 0.3) is 21.6 Å². The van der Waals surface area contributed by atoms with E-state index >= 15 is 0 Å². The van der Waals surface area contributed by atoms with E-state index in [1.165, 1.54) is 11.3 Å². The number of halogens is 1. The van der Waals surface area contributed by atoms with E-state index in [4.69, 9.17) is 11.6 Å². The van der Waals surface area contributed by atoms with Crippen molar-refractivity contribution in [2.24, 2.45) is 0 Å². The Balaban J connectivity index is 1.65. The van der Waals surface area contributed by atoms with Gasteiger partial charge in [-0.3, -0.25) is 15.2 Å². The molecule has 0 saturated heterocycles. The number of amides is 1. The molecule has 0 aliphatic rings. The second-order valence-electron chi connectivity index (χ2n) is 4.97. The molecule has 0 bridgehead atoms. The Labute approximate surface area is 149 Å². The van der Waals surface area contributed by atoms with Crippen molar-refractivity contribution in [2.75, 3.05) is 5.32 Å². The molecule has 0 fully saturated rings. The lowest BCUT2D eigenvalue weighted by Crippen LogP contribution is -2.11. The molecule has 2 N–H and O–H groups in total. The molecule has 1 amide bonds. The maximum Gasteiger partial charge on any atom is 0.269 e. The predicted octanol–water partition coefficient (Wildman–Crippen LogP) is 4.36. The molecule has 4 aromatic rings. The number of nitrogens with zero attached hydrogens (tertiary/aromatic N) is 3. The van der Waals surface area contributed by atoms with Gasteiger partial charge in [0, 0.05) is 5.56 Å². The number of nitrogens with one attached hydrogen (secondary N) is 2. The van der Waals surface area contributed by atoms with Gasteiger partial charge in [-0.15, -0.1) is 0 Å². The van der Waals surface area contributed by atoms with Gasteiger partial charge in [-0.1, -0.05) is 64.6 Å². The Hall–Kier alpha value is -2.29. The van der Waals surface area contributed by atoms with Gasteiger partial charge in [-0.05, 0) is 6.92 Å². The summed E-state index contributed by atoms with van der Waals surface area (Å²) in [6.45, 7) is 1.75. The second kappa shape index (κ2) is 5.97. The van der Waals surface area contributed by atoms with Crippen LogP contribution >= 0.6 is 34.3 Å². The van der Waals surface area contributed by atoms with E-state index in [2.05, 4.69) is 25.5 Å². The first-order valence-electron chi connectivity index (χ1n) is 6.96. The Kier molecular flexibility index (Phi) is 3.79. The van der Waals surface area contributed by atoms with Crippen LogP contribution in [0.2, 0.25) is 4.47 Å². The van der Waals surface area contributed by atoms with Gasteiger partial charge in [0.05, 0.1) is 11.4 Å². The van der Waals surface area contributed by atoms with Gasteiger partial charge in [0.1, 0.15) is 9.58 Å². The number of hydrogen-bond donors (Lipinski definition) is 2. The molecule has 0 unspecified atom stereocenters. The van der Waals surface area contributed by atoms with Crippen LogP contribution in [0.1, 0.15) is 15.4 Å². The van der Waals surface area contributed by atoms with E-state index < -0.39 is 0 Å². The quantitative estimate of drug-likeness (QED) is 0.557. The van der Waals surface area contributed by atoms with Crippen LogP contribution in [0.3, 0.4) is 0 Å². The average Bonchev–Trinajstić information content (AvgIpc) is 3.22. The number of fused-ring (bicyclic) bond motifs is 1. The minimum absolute atomic E-state index is 0.265. The predicted molar refractivity (Wildman–Crippen MR) is 97.0 cm³/mol. The van der Waals surface area contributed by atoms with E-state index in [-0.39, 0.29) is 5.91 Å². The summed E-state index contributed by atoms with van der Waals surface area (Å²) in [5, 5.41) is 10.5. The van der Waals surface area contributed by atoms with Gasteiger partial charge in [0.25, 0.3) is 5.91 Å². The third-order valence-electron chi connectivity index (χ3n) is 3.37. The summed E-state index contributed by atoms with van der Waals surface area (Å²) in [6.07, 6.45) is 0. The van der Waals surface area contributed by atoms with Crippen LogP contribution in [-0.2, 0) is 0 Å². The van der Waals surface area contributed by atoms with Crippen molar-refractivity contribution in [3.05, 3.63) is 45.4 Å². The zero-order valence-corrected chi connectivity index (χ0v) is 14.7. The maximum atomic E-state index is 12.3. The second-order valence-corrected chi connectivity index (χ2v) is 7.55. The molecular weight excluding hydrogens is 366 g/mol. The van der Waals surface area contributed by atoms with E-state index in [0.717, 1.165) is 27.3 Å². The summed E-state index contributed by atoms with van der Waals surface area (Å²) in [6, 6.07) is 9.86. The summed E-state index contributed by atoms with van der Waals surface area (Å²) in [5.74, 6) is -0.265. The minimum atomic E-state index is -0.265. The molecular formula is C15H10ClN5OS2. The fourth-order valence-corrected chi connectivity index (χ4v) is 4.26. The number of aromatic nitrogens is 4.